The minimum atomic E-state index is -0.468. The molecule has 1 amide bonds. The van der Waals surface area contributed by atoms with Gasteiger partial charge in [-0.05, 0) is 44.4 Å². The molecule has 0 saturated heterocycles. The molecule has 0 aliphatic rings. The SMILES string of the molecule is COCCNc1nonc1/C(=N/OC)N(C=O)c1ccc(F)c(Br)c1. The quantitative estimate of drug-likeness (QED) is 0.231. The number of aromatic nitrogens is 2. The molecular weight excluding hydrogens is 401 g/mol. The number of hydrogen-bond acceptors (Lipinski definition) is 8. The van der Waals surface area contributed by atoms with E-state index in [4.69, 9.17) is 14.2 Å². The van der Waals surface area contributed by atoms with Gasteiger partial charge in [-0.25, -0.2) is 9.02 Å². The van der Waals surface area contributed by atoms with E-state index in [0.717, 1.165) is 4.90 Å². The van der Waals surface area contributed by atoms with Crippen LogP contribution in [0.5, 0.6) is 0 Å². The van der Waals surface area contributed by atoms with Gasteiger partial charge in [-0.3, -0.25) is 9.69 Å². The van der Waals surface area contributed by atoms with Crippen molar-refractivity contribution in [3.63, 3.8) is 0 Å². The van der Waals surface area contributed by atoms with E-state index in [1.54, 1.807) is 7.11 Å². The lowest BCUT2D eigenvalue weighted by atomic mass is 10.2. The molecule has 0 aliphatic carbocycles. The summed E-state index contributed by atoms with van der Waals surface area (Å²) in [6.45, 7) is 0.854. The lowest BCUT2D eigenvalue weighted by molar-refractivity contribution is -0.106. The number of amides is 1. The summed E-state index contributed by atoms with van der Waals surface area (Å²) in [4.78, 5) is 17.6. The molecule has 0 saturated carbocycles. The van der Waals surface area contributed by atoms with Crippen LogP contribution in [0, 0.1) is 5.82 Å². The Morgan fingerprint density at radius 3 is 2.92 bits per heavy atom. The van der Waals surface area contributed by atoms with Crippen LogP contribution in [0.4, 0.5) is 15.9 Å². The third kappa shape index (κ3) is 4.51. The molecule has 0 radical (unpaired) electrons. The normalized spacial score (nSPS) is 11.3. The number of ether oxygens (including phenoxy) is 1. The number of methoxy groups -OCH3 is 1. The zero-order valence-corrected chi connectivity index (χ0v) is 15.0. The number of nitrogens with zero attached hydrogens (tertiary/aromatic N) is 4. The first-order valence-electron chi connectivity index (χ1n) is 6.98. The molecular formula is C14H15BrFN5O4. The minimum Gasteiger partial charge on any atom is -0.397 e. The molecule has 9 nitrogen and oxygen atoms in total. The number of carbonyl (C=O) groups excluding carboxylic acids is 1. The fraction of sp³-hybridized carbons (Fsp3) is 0.286. The summed E-state index contributed by atoms with van der Waals surface area (Å²) in [6, 6.07) is 4.03. The highest BCUT2D eigenvalue weighted by molar-refractivity contribution is 9.10. The number of benzene rings is 1. The summed E-state index contributed by atoms with van der Waals surface area (Å²) in [7, 11) is 2.87. The van der Waals surface area contributed by atoms with Crippen molar-refractivity contribution < 1.29 is 23.4 Å². The lowest BCUT2D eigenvalue weighted by Gasteiger charge is -2.18. The van der Waals surface area contributed by atoms with Gasteiger partial charge in [0.1, 0.15) is 12.9 Å². The predicted octanol–water partition coefficient (Wildman–Crippen LogP) is 2.00. The summed E-state index contributed by atoms with van der Waals surface area (Å²) in [5.74, 6) is -0.206. The predicted molar refractivity (Wildman–Crippen MR) is 90.9 cm³/mol. The van der Waals surface area contributed by atoms with Crippen molar-refractivity contribution in [1.82, 2.24) is 10.3 Å². The van der Waals surface area contributed by atoms with Crippen molar-refractivity contribution in [3.05, 3.63) is 34.2 Å². The smallest absolute Gasteiger partial charge is 0.220 e. The maximum absolute atomic E-state index is 13.5. The maximum atomic E-state index is 13.5. The number of nitrogens with one attached hydrogen (secondary N) is 1. The molecule has 1 N–H and O–H groups in total. The van der Waals surface area contributed by atoms with Crippen molar-refractivity contribution in [3.8, 4) is 0 Å². The zero-order chi connectivity index (χ0) is 18.2. The molecule has 0 unspecified atom stereocenters. The van der Waals surface area contributed by atoms with Crippen LogP contribution in [0.3, 0.4) is 0 Å². The van der Waals surface area contributed by atoms with Gasteiger partial charge in [0, 0.05) is 13.7 Å². The molecule has 0 atom stereocenters. The van der Waals surface area contributed by atoms with Crippen molar-refractivity contribution in [2.75, 3.05) is 37.6 Å². The molecule has 0 aliphatic heterocycles. The first-order chi connectivity index (χ1) is 12.1. The minimum absolute atomic E-state index is 0.0113. The van der Waals surface area contributed by atoms with Crippen LogP contribution in [0.15, 0.2) is 32.5 Å². The lowest BCUT2D eigenvalue weighted by Crippen LogP contribution is -2.31. The highest BCUT2D eigenvalue weighted by atomic mass is 79.9. The fourth-order valence-corrected chi connectivity index (χ4v) is 2.25. The molecule has 0 spiro atoms. The van der Waals surface area contributed by atoms with E-state index in [-0.39, 0.29) is 21.8 Å². The van der Waals surface area contributed by atoms with Crippen LogP contribution in [0.2, 0.25) is 0 Å². The summed E-state index contributed by atoms with van der Waals surface area (Å²) < 4.78 is 23.3. The number of carbonyl (C=O) groups is 1. The largest absolute Gasteiger partial charge is 0.397 e. The van der Waals surface area contributed by atoms with Gasteiger partial charge in [0.05, 0.1) is 16.8 Å². The van der Waals surface area contributed by atoms with Crippen LogP contribution in [0.25, 0.3) is 0 Å². The van der Waals surface area contributed by atoms with E-state index in [2.05, 4.69) is 36.7 Å². The molecule has 0 fully saturated rings. The van der Waals surface area contributed by atoms with Gasteiger partial charge < -0.3 is 14.9 Å². The number of hydrogen-bond donors (Lipinski definition) is 1. The van der Waals surface area contributed by atoms with Crippen LogP contribution >= 0.6 is 15.9 Å². The van der Waals surface area contributed by atoms with Crippen LogP contribution in [-0.2, 0) is 14.4 Å². The molecule has 2 aromatic rings. The number of amidine groups is 1. The Labute approximate surface area is 150 Å². The average Bonchev–Trinajstić information content (AvgIpc) is 3.06. The van der Waals surface area contributed by atoms with E-state index in [9.17, 15) is 9.18 Å². The van der Waals surface area contributed by atoms with E-state index >= 15 is 0 Å². The van der Waals surface area contributed by atoms with Gasteiger partial charge in [-0.15, -0.1) is 0 Å². The monoisotopic (exact) mass is 415 g/mol. The molecule has 11 heteroatoms. The summed E-state index contributed by atoms with van der Waals surface area (Å²) in [6.07, 6.45) is 0.491. The van der Waals surface area contributed by atoms with Gasteiger partial charge >= 0.3 is 0 Å². The van der Waals surface area contributed by atoms with E-state index in [0.29, 0.717) is 25.2 Å². The zero-order valence-electron chi connectivity index (χ0n) is 13.4. The Morgan fingerprint density at radius 1 is 1.48 bits per heavy atom. The number of oxime groups is 1. The molecule has 25 heavy (non-hydrogen) atoms. The first kappa shape index (κ1) is 18.8. The summed E-state index contributed by atoms with van der Waals surface area (Å²) >= 11 is 3.08. The fourth-order valence-electron chi connectivity index (χ4n) is 1.88. The second kappa shape index (κ2) is 9.08. The Hall–Kier alpha value is -2.53. The first-order valence-corrected chi connectivity index (χ1v) is 7.78. The third-order valence-electron chi connectivity index (χ3n) is 2.99. The van der Waals surface area contributed by atoms with Crippen molar-refractivity contribution >= 4 is 39.7 Å². The second-order valence-corrected chi connectivity index (χ2v) is 5.41. The Bertz CT molecular complexity index is 755. The molecule has 1 aromatic carbocycles. The highest BCUT2D eigenvalue weighted by Crippen LogP contribution is 2.25. The van der Waals surface area contributed by atoms with Gasteiger partial charge in [-0.1, -0.05) is 5.16 Å². The standard InChI is InChI=1S/C14H15BrFN5O4/c1-23-6-5-17-13-12(18-25-19-13)14(20-24-2)21(8-22)9-3-4-11(16)10(15)7-9/h3-4,7-8H,5-6H2,1-2H3,(H,17,19)/b20-14-. The van der Waals surface area contributed by atoms with E-state index in [1.165, 1.54) is 25.3 Å². The van der Waals surface area contributed by atoms with Crippen LogP contribution < -0.4 is 10.2 Å². The van der Waals surface area contributed by atoms with Gasteiger partial charge in [0.2, 0.25) is 18.1 Å². The number of halogens is 2. The molecule has 1 heterocycles. The molecule has 1 aromatic heterocycles. The number of anilines is 2. The summed E-state index contributed by atoms with van der Waals surface area (Å²) in [5, 5.41) is 14.3. The van der Waals surface area contributed by atoms with E-state index < -0.39 is 5.82 Å². The van der Waals surface area contributed by atoms with Crippen molar-refractivity contribution in [2.45, 2.75) is 0 Å². The Balaban J connectivity index is 2.39. The van der Waals surface area contributed by atoms with Gasteiger partial charge in [-0.2, -0.15) is 0 Å². The third-order valence-corrected chi connectivity index (χ3v) is 3.60. The highest BCUT2D eigenvalue weighted by Gasteiger charge is 2.25. The van der Waals surface area contributed by atoms with Gasteiger partial charge in [0.25, 0.3) is 0 Å². The van der Waals surface area contributed by atoms with Crippen molar-refractivity contribution in [1.29, 1.82) is 0 Å². The topological polar surface area (TPSA) is 102 Å². The average molecular weight is 416 g/mol. The summed E-state index contributed by atoms with van der Waals surface area (Å²) in [5.41, 5.74) is 0.482. The molecule has 2 rings (SSSR count). The second-order valence-electron chi connectivity index (χ2n) is 4.55. The van der Waals surface area contributed by atoms with Crippen LogP contribution in [0.1, 0.15) is 5.69 Å². The Morgan fingerprint density at radius 2 is 2.28 bits per heavy atom. The molecule has 0 bridgehead atoms. The van der Waals surface area contributed by atoms with Crippen LogP contribution in [-0.4, -0.2) is 49.9 Å². The number of rotatable bonds is 8. The molecule has 134 valence electrons. The van der Waals surface area contributed by atoms with E-state index in [1.807, 2.05) is 0 Å². The Kier molecular flexibility index (Phi) is 6.83. The van der Waals surface area contributed by atoms with Gasteiger partial charge in [0.15, 0.2) is 5.69 Å². The maximum Gasteiger partial charge on any atom is 0.220 e. The van der Waals surface area contributed by atoms with Crippen molar-refractivity contribution in [2.24, 2.45) is 5.16 Å².